The lowest BCUT2D eigenvalue weighted by Crippen LogP contribution is -2.13. The number of nitrogens with one attached hydrogen (secondary N) is 1. The lowest BCUT2D eigenvalue weighted by molar-refractivity contribution is -0.112. The molecule has 0 heterocycles. The number of halogens is 1. The molecule has 0 spiro atoms. The molecule has 0 saturated carbocycles. The lowest BCUT2D eigenvalue weighted by Gasteiger charge is -2.13. The molecule has 4 aromatic rings. The number of anilines is 1. The summed E-state index contributed by atoms with van der Waals surface area (Å²) < 4.78 is 17.1. The zero-order chi connectivity index (χ0) is 26.7. The first kappa shape index (κ1) is 26.3. The fourth-order valence-corrected chi connectivity index (χ4v) is 3.86. The van der Waals surface area contributed by atoms with Gasteiger partial charge < -0.3 is 19.5 Å². The highest BCUT2D eigenvalue weighted by Crippen LogP contribution is 2.37. The van der Waals surface area contributed by atoms with Crippen LogP contribution in [0.5, 0.6) is 17.2 Å². The number of carbonyl (C=O) groups is 1. The van der Waals surface area contributed by atoms with E-state index >= 15 is 0 Å². The van der Waals surface area contributed by atoms with Crippen LogP contribution in [0.2, 0.25) is 5.02 Å². The summed E-state index contributed by atoms with van der Waals surface area (Å²) in [4.78, 5) is 12.8. The molecule has 0 fully saturated rings. The van der Waals surface area contributed by atoms with Gasteiger partial charge in [0.2, 0.25) is 0 Å². The van der Waals surface area contributed by atoms with Crippen molar-refractivity contribution < 1.29 is 19.0 Å². The maximum atomic E-state index is 12.8. The molecule has 0 unspecified atom stereocenters. The summed E-state index contributed by atoms with van der Waals surface area (Å²) in [5, 5.41) is 12.7. The number of methoxy groups -OCH3 is 1. The number of amides is 1. The largest absolute Gasteiger partial charge is 0.493 e. The second kappa shape index (κ2) is 13.0. The summed E-state index contributed by atoms with van der Waals surface area (Å²) in [5.74, 6) is 0.889. The third-order valence-electron chi connectivity index (χ3n) is 5.51. The Hall–Kier alpha value is -4.73. The van der Waals surface area contributed by atoms with Crippen LogP contribution in [0.3, 0.4) is 0 Å². The number of carbonyl (C=O) groups excluding carboxylic acids is 1. The first-order valence-corrected chi connectivity index (χ1v) is 12.2. The number of benzene rings is 4. The highest BCUT2D eigenvalue weighted by molar-refractivity contribution is 6.32. The van der Waals surface area contributed by atoms with Crippen molar-refractivity contribution >= 4 is 29.3 Å². The van der Waals surface area contributed by atoms with Crippen molar-refractivity contribution in [2.75, 3.05) is 12.4 Å². The summed E-state index contributed by atoms with van der Waals surface area (Å²) in [7, 11) is 1.50. The van der Waals surface area contributed by atoms with E-state index in [9.17, 15) is 10.1 Å². The van der Waals surface area contributed by atoms with Gasteiger partial charge in [-0.1, -0.05) is 72.3 Å². The highest BCUT2D eigenvalue weighted by atomic mass is 35.5. The van der Waals surface area contributed by atoms with E-state index in [1.807, 2.05) is 66.7 Å². The smallest absolute Gasteiger partial charge is 0.266 e. The van der Waals surface area contributed by atoms with Crippen LogP contribution in [-0.4, -0.2) is 13.0 Å². The van der Waals surface area contributed by atoms with Crippen molar-refractivity contribution in [1.29, 1.82) is 5.26 Å². The molecular weight excluding hydrogens is 500 g/mol. The van der Waals surface area contributed by atoms with E-state index < -0.39 is 5.91 Å². The molecule has 0 radical (unpaired) electrons. The van der Waals surface area contributed by atoms with E-state index in [0.29, 0.717) is 46.7 Å². The maximum Gasteiger partial charge on any atom is 0.266 e. The van der Waals surface area contributed by atoms with Crippen molar-refractivity contribution in [2.45, 2.75) is 13.2 Å². The monoisotopic (exact) mass is 524 g/mol. The van der Waals surface area contributed by atoms with Gasteiger partial charge in [-0.05, 0) is 59.2 Å². The summed E-state index contributed by atoms with van der Waals surface area (Å²) in [6.45, 7) is 0.754. The van der Waals surface area contributed by atoms with Crippen LogP contribution in [-0.2, 0) is 18.0 Å². The Bertz CT molecular complexity index is 1450. The SMILES string of the molecule is COc1cc(/C=C(\C#N)C(=O)Nc2ccc(OCc3ccccc3)cc2)cc(Cl)c1OCc1ccccc1. The molecule has 6 nitrogen and oxygen atoms in total. The summed E-state index contributed by atoms with van der Waals surface area (Å²) >= 11 is 6.47. The normalized spacial score (nSPS) is 10.8. The first-order valence-electron chi connectivity index (χ1n) is 11.8. The lowest BCUT2D eigenvalue weighted by atomic mass is 10.1. The Balaban J connectivity index is 1.42. The van der Waals surface area contributed by atoms with Gasteiger partial charge in [0.15, 0.2) is 11.5 Å². The first-order chi connectivity index (χ1) is 18.6. The van der Waals surface area contributed by atoms with Crippen molar-refractivity contribution in [3.05, 3.63) is 124 Å². The van der Waals surface area contributed by atoms with Gasteiger partial charge in [-0.3, -0.25) is 4.79 Å². The quantitative estimate of drug-likeness (QED) is 0.177. The predicted molar refractivity (Wildman–Crippen MR) is 148 cm³/mol. The predicted octanol–water partition coefficient (Wildman–Crippen LogP) is 7.05. The third-order valence-corrected chi connectivity index (χ3v) is 5.80. The average molecular weight is 525 g/mol. The highest BCUT2D eigenvalue weighted by Gasteiger charge is 2.15. The average Bonchev–Trinajstić information content (AvgIpc) is 2.95. The van der Waals surface area contributed by atoms with E-state index in [4.69, 9.17) is 25.8 Å². The summed E-state index contributed by atoms with van der Waals surface area (Å²) in [5.41, 5.74) is 3.00. The molecule has 0 bridgehead atoms. The summed E-state index contributed by atoms with van der Waals surface area (Å²) in [6.07, 6.45) is 1.45. The van der Waals surface area contributed by atoms with Gasteiger partial charge in [0.1, 0.15) is 30.6 Å². The second-order valence-corrected chi connectivity index (χ2v) is 8.64. The molecule has 0 atom stereocenters. The van der Waals surface area contributed by atoms with E-state index in [1.54, 1.807) is 36.4 Å². The van der Waals surface area contributed by atoms with Gasteiger partial charge >= 0.3 is 0 Å². The molecule has 0 saturated heterocycles. The van der Waals surface area contributed by atoms with Crippen LogP contribution >= 0.6 is 11.6 Å². The Labute approximate surface area is 226 Å². The molecule has 38 heavy (non-hydrogen) atoms. The third kappa shape index (κ3) is 7.16. The molecule has 0 aliphatic carbocycles. The Morgan fingerprint density at radius 2 is 1.50 bits per heavy atom. The molecule has 4 aromatic carbocycles. The zero-order valence-corrected chi connectivity index (χ0v) is 21.4. The minimum Gasteiger partial charge on any atom is -0.493 e. The van der Waals surface area contributed by atoms with Crippen LogP contribution < -0.4 is 19.5 Å². The van der Waals surface area contributed by atoms with Crippen molar-refractivity contribution in [3.8, 4) is 23.3 Å². The zero-order valence-electron chi connectivity index (χ0n) is 20.7. The van der Waals surface area contributed by atoms with Crippen LogP contribution in [0.15, 0.2) is 103 Å². The molecule has 0 aromatic heterocycles. The van der Waals surface area contributed by atoms with E-state index in [-0.39, 0.29) is 5.57 Å². The molecule has 1 N–H and O–H groups in total. The van der Waals surface area contributed by atoms with Crippen molar-refractivity contribution in [2.24, 2.45) is 0 Å². The van der Waals surface area contributed by atoms with Gasteiger partial charge in [-0.2, -0.15) is 5.26 Å². The molecule has 1 amide bonds. The number of hydrogen-bond donors (Lipinski definition) is 1. The Morgan fingerprint density at radius 3 is 2.08 bits per heavy atom. The van der Waals surface area contributed by atoms with Gasteiger partial charge in [0.05, 0.1) is 12.1 Å². The topological polar surface area (TPSA) is 80.6 Å². The van der Waals surface area contributed by atoms with Crippen LogP contribution in [0, 0.1) is 11.3 Å². The number of ether oxygens (including phenoxy) is 3. The van der Waals surface area contributed by atoms with Crippen molar-refractivity contribution in [1.82, 2.24) is 0 Å². The van der Waals surface area contributed by atoms with Gasteiger partial charge in [0, 0.05) is 5.69 Å². The summed E-state index contributed by atoms with van der Waals surface area (Å²) in [6, 6.07) is 31.7. The minimum atomic E-state index is -0.551. The standard InChI is InChI=1S/C31H25ClN2O4/c1-36-29-18-24(17-28(32)30(29)38-21-23-10-6-3-7-11-23)16-25(19-33)31(35)34-26-12-14-27(15-13-26)37-20-22-8-4-2-5-9-22/h2-18H,20-21H2,1H3,(H,34,35)/b25-16+. The number of hydrogen-bond acceptors (Lipinski definition) is 5. The maximum absolute atomic E-state index is 12.8. The van der Waals surface area contributed by atoms with Gasteiger partial charge in [0.25, 0.3) is 5.91 Å². The molecule has 0 aliphatic rings. The van der Waals surface area contributed by atoms with Crippen LogP contribution in [0.1, 0.15) is 16.7 Å². The molecular formula is C31H25ClN2O4. The molecule has 0 aliphatic heterocycles. The number of nitrogens with zero attached hydrogens (tertiary/aromatic N) is 1. The molecule has 7 heteroatoms. The number of rotatable bonds is 10. The second-order valence-electron chi connectivity index (χ2n) is 8.23. The van der Waals surface area contributed by atoms with Crippen LogP contribution in [0.4, 0.5) is 5.69 Å². The Morgan fingerprint density at radius 1 is 0.895 bits per heavy atom. The Kier molecular flexibility index (Phi) is 9.01. The molecule has 4 rings (SSSR count). The van der Waals surface area contributed by atoms with Gasteiger partial charge in [-0.25, -0.2) is 0 Å². The fraction of sp³-hybridized carbons (Fsp3) is 0.0968. The van der Waals surface area contributed by atoms with Crippen molar-refractivity contribution in [3.63, 3.8) is 0 Å². The van der Waals surface area contributed by atoms with E-state index in [0.717, 1.165) is 11.1 Å². The van der Waals surface area contributed by atoms with Gasteiger partial charge in [-0.15, -0.1) is 0 Å². The fourth-order valence-electron chi connectivity index (χ4n) is 3.58. The number of nitriles is 1. The minimum absolute atomic E-state index is 0.0922. The van der Waals surface area contributed by atoms with Crippen LogP contribution in [0.25, 0.3) is 6.08 Å². The molecule has 190 valence electrons. The van der Waals surface area contributed by atoms with E-state index in [2.05, 4.69) is 5.32 Å². The van der Waals surface area contributed by atoms with E-state index in [1.165, 1.54) is 13.2 Å².